The SMILES string of the molecule is CN(C)CCOCc1cncc2c1CCN(C[C@H]1CCOC1)C2. The Balaban J connectivity index is 1.55. The summed E-state index contributed by atoms with van der Waals surface area (Å²) in [4.78, 5) is 9.13. The molecule has 1 fully saturated rings. The minimum absolute atomic E-state index is 0.681. The largest absolute Gasteiger partial charge is 0.381 e. The number of rotatable bonds is 7. The van der Waals surface area contributed by atoms with Crippen molar-refractivity contribution in [1.29, 1.82) is 0 Å². The highest BCUT2D eigenvalue weighted by atomic mass is 16.5. The average molecular weight is 319 g/mol. The van der Waals surface area contributed by atoms with Crippen LogP contribution in [-0.4, -0.2) is 68.3 Å². The monoisotopic (exact) mass is 319 g/mol. The van der Waals surface area contributed by atoms with Crippen molar-refractivity contribution in [2.45, 2.75) is 26.0 Å². The normalized spacial score (nSPS) is 21.8. The van der Waals surface area contributed by atoms with Crippen LogP contribution in [0.25, 0.3) is 0 Å². The lowest BCUT2D eigenvalue weighted by Crippen LogP contribution is -2.35. The van der Waals surface area contributed by atoms with Gasteiger partial charge in [0.2, 0.25) is 0 Å². The molecule has 0 amide bonds. The van der Waals surface area contributed by atoms with Gasteiger partial charge in [-0.25, -0.2) is 0 Å². The van der Waals surface area contributed by atoms with E-state index < -0.39 is 0 Å². The van der Waals surface area contributed by atoms with Gasteiger partial charge in [0.25, 0.3) is 0 Å². The summed E-state index contributed by atoms with van der Waals surface area (Å²) >= 11 is 0. The summed E-state index contributed by atoms with van der Waals surface area (Å²) in [6.07, 6.45) is 6.34. The summed E-state index contributed by atoms with van der Waals surface area (Å²) in [5.41, 5.74) is 4.11. The van der Waals surface area contributed by atoms with Gasteiger partial charge in [-0.15, -0.1) is 0 Å². The van der Waals surface area contributed by atoms with Crippen LogP contribution >= 0.6 is 0 Å². The van der Waals surface area contributed by atoms with Gasteiger partial charge in [-0.2, -0.15) is 0 Å². The Hall–Kier alpha value is -1.01. The van der Waals surface area contributed by atoms with Gasteiger partial charge in [-0.05, 0) is 49.5 Å². The van der Waals surface area contributed by atoms with Crippen LogP contribution in [-0.2, 0) is 29.0 Å². The third-order valence-electron chi connectivity index (χ3n) is 4.79. The lowest BCUT2D eigenvalue weighted by Gasteiger charge is -2.31. The van der Waals surface area contributed by atoms with E-state index in [0.29, 0.717) is 12.5 Å². The second-order valence-electron chi connectivity index (χ2n) is 7.01. The molecule has 0 N–H and O–H groups in total. The van der Waals surface area contributed by atoms with Crippen LogP contribution in [0.3, 0.4) is 0 Å². The first-order valence-electron chi connectivity index (χ1n) is 8.69. The van der Waals surface area contributed by atoms with Crippen molar-refractivity contribution in [3.8, 4) is 0 Å². The maximum absolute atomic E-state index is 5.82. The molecule has 2 aliphatic rings. The van der Waals surface area contributed by atoms with Crippen LogP contribution < -0.4 is 0 Å². The zero-order valence-corrected chi connectivity index (χ0v) is 14.5. The van der Waals surface area contributed by atoms with E-state index in [0.717, 1.165) is 52.4 Å². The summed E-state index contributed by atoms with van der Waals surface area (Å²) in [5, 5.41) is 0. The first-order chi connectivity index (χ1) is 11.2. The number of hydrogen-bond donors (Lipinski definition) is 0. The fraction of sp³-hybridized carbons (Fsp3) is 0.722. The molecule has 128 valence electrons. The molecule has 0 aromatic carbocycles. The van der Waals surface area contributed by atoms with Gasteiger partial charge in [0.1, 0.15) is 0 Å². The molecule has 0 saturated carbocycles. The molecule has 0 radical (unpaired) electrons. The predicted octanol–water partition coefficient (Wildman–Crippen LogP) is 1.55. The van der Waals surface area contributed by atoms with E-state index in [2.05, 4.69) is 28.9 Å². The first kappa shape index (κ1) is 16.8. The average Bonchev–Trinajstić information content (AvgIpc) is 3.04. The summed E-state index contributed by atoms with van der Waals surface area (Å²) < 4.78 is 11.3. The highest BCUT2D eigenvalue weighted by Gasteiger charge is 2.23. The molecule has 0 unspecified atom stereocenters. The molecule has 0 spiro atoms. The van der Waals surface area contributed by atoms with E-state index in [1.807, 2.05) is 12.4 Å². The van der Waals surface area contributed by atoms with Crippen LogP contribution in [0.5, 0.6) is 0 Å². The molecule has 23 heavy (non-hydrogen) atoms. The second kappa shape index (κ2) is 8.20. The molecule has 3 rings (SSSR count). The molecule has 2 aliphatic heterocycles. The van der Waals surface area contributed by atoms with Gasteiger partial charge < -0.3 is 14.4 Å². The molecular weight excluding hydrogens is 290 g/mol. The van der Waals surface area contributed by atoms with Gasteiger partial charge in [0.05, 0.1) is 19.8 Å². The molecule has 0 bridgehead atoms. The molecular formula is C18H29N3O2. The van der Waals surface area contributed by atoms with Gasteiger partial charge in [0, 0.05) is 45.2 Å². The molecule has 3 heterocycles. The van der Waals surface area contributed by atoms with E-state index in [9.17, 15) is 0 Å². The summed E-state index contributed by atoms with van der Waals surface area (Å²) in [7, 11) is 4.14. The van der Waals surface area contributed by atoms with E-state index in [1.54, 1.807) is 0 Å². The van der Waals surface area contributed by atoms with Crippen molar-refractivity contribution in [3.05, 3.63) is 29.1 Å². The first-order valence-corrected chi connectivity index (χ1v) is 8.69. The zero-order chi connectivity index (χ0) is 16.1. The maximum Gasteiger partial charge on any atom is 0.0735 e. The molecule has 1 aromatic heterocycles. The third kappa shape index (κ3) is 4.73. The van der Waals surface area contributed by atoms with E-state index in [-0.39, 0.29) is 0 Å². The van der Waals surface area contributed by atoms with Gasteiger partial charge >= 0.3 is 0 Å². The fourth-order valence-electron chi connectivity index (χ4n) is 3.43. The summed E-state index contributed by atoms with van der Waals surface area (Å²) in [5.74, 6) is 0.710. The smallest absolute Gasteiger partial charge is 0.0735 e. The molecule has 5 heteroatoms. The van der Waals surface area contributed by atoms with Gasteiger partial charge in [0.15, 0.2) is 0 Å². The number of nitrogens with zero attached hydrogens (tertiary/aromatic N) is 3. The Morgan fingerprint density at radius 2 is 2.30 bits per heavy atom. The second-order valence-corrected chi connectivity index (χ2v) is 7.01. The quantitative estimate of drug-likeness (QED) is 0.713. The van der Waals surface area contributed by atoms with E-state index in [1.165, 1.54) is 23.1 Å². The number of hydrogen-bond acceptors (Lipinski definition) is 5. The predicted molar refractivity (Wildman–Crippen MR) is 90.4 cm³/mol. The van der Waals surface area contributed by atoms with Gasteiger partial charge in [-0.1, -0.05) is 0 Å². The maximum atomic E-state index is 5.82. The molecule has 0 aliphatic carbocycles. The van der Waals surface area contributed by atoms with Crippen molar-refractivity contribution < 1.29 is 9.47 Å². The van der Waals surface area contributed by atoms with Crippen molar-refractivity contribution in [2.75, 3.05) is 53.6 Å². The summed E-state index contributed by atoms with van der Waals surface area (Å²) in [6.45, 7) is 7.59. The number of likely N-dealkylation sites (N-methyl/N-ethyl adjacent to an activating group) is 1. The minimum atomic E-state index is 0.681. The van der Waals surface area contributed by atoms with Crippen LogP contribution in [0.1, 0.15) is 23.1 Å². The highest BCUT2D eigenvalue weighted by Crippen LogP contribution is 2.24. The fourth-order valence-corrected chi connectivity index (χ4v) is 3.43. The van der Waals surface area contributed by atoms with Crippen LogP contribution in [0, 0.1) is 5.92 Å². The van der Waals surface area contributed by atoms with Crippen molar-refractivity contribution in [1.82, 2.24) is 14.8 Å². The number of ether oxygens (including phenoxy) is 2. The highest BCUT2D eigenvalue weighted by molar-refractivity contribution is 5.33. The number of fused-ring (bicyclic) bond motifs is 1. The Kier molecular flexibility index (Phi) is 6.00. The lowest BCUT2D eigenvalue weighted by molar-refractivity contribution is 0.104. The van der Waals surface area contributed by atoms with Crippen LogP contribution in [0.4, 0.5) is 0 Å². The summed E-state index contributed by atoms with van der Waals surface area (Å²) in [6, 6.07) is 0. The van der Waals surface area contributed by atoms with E-state index in [4.69, 9.17) is 9.47 Å². The van der Waals surface area contributed by atoms with Crippen molar-refractivity contribution >= 4 is 0 Å². The van der Waals surface area contributed by atoms with Crippen LogP contribution in [0.2, 0.25) is 0 Å². The minimum Gasteiger partial charge on any atom is -0.381 e. The molecule has 1 atom stereocenters. The standard InChI is InChI=1S/C18H29N3O2/c1-20(2)6-8-23-14-17-10-19-9-16-12-21(5-3-18(16)17)11-15-4-7-22-13-15/h9-10,15H,3-8,11-14H2,1-2H3/t15-/m1/s1. The Morgan fingerprint density at radius 3 is 3.09 bits per heavy atom. The number of pyridine rings is 1. The zero-order valence-electron chi connectivity index (χ0n) is 14.5. The number of aromatic nitrogens is 1. The Bertz CT molecular complexity index is 501. The Morgan fingerprint density at radius 1 is 1.39 bits per heavy atom. The van der Waals surface area contributed by atoms with Gasteiger partial charge in [-0.3, -0.25) is 9.88 Å². The van der Waals surface area contributed by atoms with Crippen molar-refractivity contribution in [3.63, 3.8) is 0 Å². The van der Waals surface area contributed by atoms with Crippen LogP contribution in [0.15, 0.2) is 12.4 Å². The molecule has 1 aromatic rings. The van der Waals surface area contributed by atoms with Crippen molar-refractivity contribution in [2.24, 2.45) is 5.92 Å². The van der Waals surface area contributed by atoms with E-state index >= 15 is 0 Å². The lowest BCUT2D eigenvalue weighted by atomic mass is 9.96. The Labute approximate surface area is 139 Å². The topological polar surface area (TPSA) is 37.8 Å². The molecule has 5 nitrogen and oxygen atoms in total. The molecule has 1 saturated heterocycles. The third-order valence-corrected chi connectivity index (χ3v) is 4.79.